The standard InChI is InChI=1S/C9H16N4O/c1-3-4-6(2)12-9(14)7-5-11-13-8(7)10/h5-6H,3-4H2,1-2H3,(H,12,14)(H3,10,11,13). The first-order valence-electron chi connectivity index (χ1n) is 4.74. The molecule has 1 aromatic heterocycles. The maximum absolute atomic E-state index is 11.6. The molecular weight excluding hydrogens is 180 g/mol. The van der Waals surface area contributed by atoms with Crippen LogP contribution in [0.15, 0.2) is 6.20 Å². The lowest BCUT2D eigenvalue weighted by Gasteiger charge is -2.11. The van der Waals surface area contributed by atoms with Gasteiger partial charge in [0.2, 0.25) is 0 Å². The van der Waals surface area contributed by atoms with Crippen LogP contribution in [0.2, 0.25) is 0 Å². The van der Waals surface area contributed by atoms with Crippen LogP contribution in [0, 0.1) is 0 Å². The second-order valence-electron chi connectivity index (χ2n) is 3.36. The van der Waals surface area contributed by atoms with Crippen LogP contribution in [0.25, 0.3) is 0 Å². The molecule has 0 saturated carbocycles. The number of amides is 1. The molecule has 4 N–H and O–H groups in total. The van der Waals surface area contributed by atoms with Gasteiger partial charge in [0, 0.05) is 6.04 Å². The number of hydrogen-bond acceptors (Lipinski definition) is 3. The van der Waals surface area contributed by atoms with Crippen LogP contribution < -0.4 is 11.1 Å². The van der Waals surface area contributed by atoms with E-state index in [1.807, 2.05) is 6.92 Å². The van der Waals surface area contributed by atoms with Crippen molar-refractivity contribution in [2.24, 2.45) is 0 Å². The molecule has 0 aliphatic heterocycles. The molecule has 0 aliphatic carbocycles. The summed E-state index contributed by atoms with van der Waals surface area (Å²) in [7, 11) is 0. The van der Waals surface area contributed by atoms with Crippen LogP contribution in [0.3, 0.4) is 0 Å². The van der Waals surface area contributed by atoms with Crippen molar-refractivity contribution in [3.8, 4) is 0 Å². The van der Waals surface area contributed by atoms with E-state index in [-0.39, 0.29) is 11.9 Å². The summed E-state index contributed by atoms with van der Waals surface area (Å²) in [6.45, 7) is 4.05. The molecule has 0 spiro atoms. The van der Waals surface area contributed by atoms with Gasteiger partial charge >= 0.3 is 0 Å². The van der Waals surface area contributed by atoms with E-state index in [1.54, 1.807) is 0 Å². The average molecular weight is 196 g/mol. The molecule has 1 unspecified atom stereocenters. The van der Waals surface area contributed by atoms with Crippen LogP contribution in [0.4, 0.5) is 5.82 Å². The summed E-state index contributed by atoms with van der Waals surface area (Å²) in [5.74, 6) is 0.142. The zero-order valence-electron chi connectivity index (χ0n) is 8.50. The van der Waals surface area contributed by atoms with Crippen LogP contribution in [-0.4, -0.2) is 22.1 Å². The van der Waals surface area contributed by atoms with Crippen molar-refractivity contribution < 1.29 is 4.79 Å². The second-order valence-corrected chi connectivity index (χ2v) is 3.36. The van der Waals surface area contributed by atoms with Gasteiger partial charge in [0.15, 0.2) is 0 Å². The average Bonchev–Trinajstić information content (AvgIpc) is 2.51. The first kappa shape index (κ1) is 10.6. The van der Waals surface area contributed by atoms with E-state index in [9.17, 15) is 4.79 Å². The molecule has 5 nitrogen and oxygen atoms in total. The number of nitrogens with one attached hydrogen (secondary N) is 2. The molecule has 0 aliphatic rings. The zero-order chi connectivity index (χ0) is 10.6. The number of anilines is 1. The van der Waals surface area contributed by atoms with Crippen molar-refractivity contribution >= 4 is 11.7 Å². The Hall–Kier alpha value is -1.52. The number of carbonyl (C=O) groups is 1. The first-order valence-corrected chi connectivity index (χ1v) is 4.74. The van der Waals surface area contributed by atoms with E-state index in [0.29, 0.717) is 11.4 Å². The van der Waals surface area contributed by atoms with Gasteiger partial charge in [-0.1, -0.05) is 13.3 Å². The molecule has 0 fully saturated rings. The van der Waals surface area contributed by atoms with Gasteiger partial charge in [-0.15, -0.1) is 0 Å². The van der Waals surface area contributed by atoms with Crippen molar-refractivity contribution in [1.29, 1.82) is 0 Å². The fourth-order valence-electron chi connectivity index (χ4n) is 1.28. The number of nitrogens with two attached hydrogens (primary N) is 1. The number of carbonyl (C=O) groups excluding carboxylic acids is 1. The van der Waals surface area contributed by atoms with Gasteiger partial charge in [-0.2, -0.15) is 5.10 Å². The molecule has 0 aromatic carbocycles. The van der Waals surface area contributed by atoms with Crippen molar-refractivity contribution in [3.63, 3.8) is 0 Å². The van der Waals surface area contributed by atoms with Gasteiger partial charge in [-0.05, 0) is 13.3 Å². The maximum Gasteiger partial charge on any atom is 0.256 e. The SMILES string of the molecule is CCCC(C)NC(=O)c1cn[nH]c1N. The lowest BCUT2D eigenvalue weighted by Crippen LogP contribution is -2.32. The summed E-state index contributed by atoms with van der Waals surface area (Å²) < 4.78 is 0. The minimum Gasteiger partial charge on any atom is -0.383 e. The van der Waals surface area contributed by atoms with E-state index >= 15 is 0 Å². The number of nitrogens with zero attached hydrogens (tertiary/aromatic N) is 1. The van der Waals surface area contributed by atoms with Crippen LogP contribution in [0.1, 0.15) is 37.0 Å². The highest BCUT2D eigenvalue weighted by atomic mass is 16.1. The minimum absolute atomic E-state index is 0.168. The summed E-state index contributed by atoms with van der Waals surface area (Å²) in [5, 5.41) is 9.05. The molecule has 14 heavy (non-hydrogen) atoms. The number of nitrogen functional groups attached to an aromatic ring is 1. The number of hydrogen-bond donors (Lipinski definition) is 3. The molecule has 1 heterocycles. The Balaban J connectivity index is 2.55. The summed E-state index contributed by atoms with van der Waals surface area (Å²) in [6, 6.07) is 0.168. The third-order valence-electron chi connectivity index (χ3n) is 2.01. The van der Waals surface area contributed by atoms with Gasteiger partial charge in [-0.25, -0.2) is 0 Å². The Bertz CT molecular complexity index is 308. The Morgan fingerprint density at radius 1 is 1.79 bits per heavy atom. The lowest BCUT2D eigenvalue weighted by atomic mass is 10.2. The summed E-state index contributed by atoms with van der Waals surface area (Å²) >= 11 is 0. The zero-order valence-corrected chi connectivity index (χ0v) is 8.50. The van der Waals surface area contributed by atoms with E-state index < -0.39 is 0 Å². The molecule has 1 aromatic rings. The van der Waals surface area contributed by atoms with E-state index in [0.717, 1.165) is 12.8 Å². The second kappa shape index (κ2) is 4.64. The molecule has 5 heteroatoms. The minimum atomic E-state index is -0.169. The Morgan fingerprint density at radius 2 is 2.50 bits per heavy atom. The number of aromatic nitrogens is 2. The topological polar surface area (TPSA) is 83.8 Å². The van der Waals surface area contributed by atoms with E-state index in [4.69, 9.17) is 5.73 Å². The molecule has 1 amide bonds. The normalized spacial score (nSPS) is 12.4. The molecule has 78 valence electrons. The predicted molar refractivity (Wildman–Crippen MR) is 54.8 cm³/mol. The van der Waals surface area contributed by atoms with E-state index in [1.165, 1.54) is 6.20 Å². The van der Waals surface area contributed by atoms with Crippen LogP contribution in [0.5, 0.6) is 0 Å². The van der Waals surface area contributed by atoms with Crippen molar-refractivity contribution in [1.82, 2.24) is 15.5 Å². The number of H-pyrrole nitrogens is 1. The van der Waals surface area contributed by atoms with Crippen molar-refractivity contribution in [2.75, 3.05) is 5.73 Å². The van der Waals surface area contributed by atoms with Crippen LogP contribution in [-0.2, 0) is 0 Å². The lowest BCUT2D eigenvalue weighted by molar-refractivity contribution is 0.0939. The summed E-state index contributed by atoms with van der Waals surface area (Å²) in [4.78, 5) is 11.6. The molecule has 0 radical (unpaired) electrons. The number of rotatable bonds is 4. The third-order valence-corrected chi connectivity index (χ3v) is 2.01. The predicted octanol–water partition coefficient (Wildman–Crippen LogP) is 0.910. The first-order chi connectivity index (χ1) is 6.65. The quantitative estimate of drug-likeness (QED) is 0.669. The molecule has 0 bridgehead atoms. The molecule has 1 atom stereocenters. The monoisotopic (exact) mass is 196 g/mol. The molecule has 0 saturated heterocycles. The van der Waals surface area contributed by atoms with Gasteiger partial charge < -0.3 is 11.1 Å². The number of aromatic amines is 1. The van der Waals surface area contributed by atoms with Gasteiger partial charge in [0.25, 0.3) is 5.91 Å². The Labute approximate surface area is 83.1 Å². The smallest absolute Gasteiger partial charge is 0.256 e. The van der Waals surface area contributed by atoms with Gasteiger partial charge in [-0.3, -0.25) is 9.89 Å². The third kappa shape index (κ3) is 2.48. The van der Waals surface area contributed by atoms with Gasteiger partial charge in [0.1, 0.15) is 11.4 Å². The highest BCUT2D eigenvalue weighted by Gasteiger charge is 2.13. The maximum atomic E-state index is 11.6. The van der Waals surface area contributed by atoms with Crippen LogP contribution >= 0.6 is 0 Å². The fraction of sp³-hybridized carbons (Fsp3) is 0.556. The largest absolute Gasteiger partial charge is 0.383 e. The summed E-state index contributed by atoms with van der Waals surface area (Å²) in [6.07, 6.45) is 3.44. The van der Waals surface area contributed by atoms with Gasteiger partial charge in [0.05, 0.1) is 6.20 Å². The fourth-order valence-corrected chi connectivity index (χ4v) is 1.28. The summed E-state index contributed by atoms with van der Waals surface area (Å²) in [5.41, 5.74) is 5.92. The van der Waals surface area contributed by atoms with Crippen molar-refractivity contribution in [3.05, 3.63) is 11.8 Å². The molecular formula is C9H16N4O. The molecule has 1 rings (SSSR count). The van der Waals surface area contributed by atoms with Crippen molar-refractivity contribution in [2.45, 2.75) is 32.7 Å². The highest BCUT2D eigenvalue weighted by molar-refractivity contribution is 5.98. The van der Waals surface area contributed by atoms with E-state index in [2.05, 4.69) is 22.4 Å². The highest BCUT2D eigenvalue weighted by Crippen LogP contribution is 2.06. The Kier molecular flexibility index (Phi) is 3.50. The Morgan fingerprint density at radius 3 is 3.00 bits per heavy atom.